The van der Waals surface area contributed by atoms with Gasteiger partial charge in [0.25, 0.3) is 0 Å². The predicted molar refractivity (Wildman–Crippen MR) is 602 cm³/mol. The minimum atomic E-state index is -2.15. The Labute approximate surface area is 949 Å². The number of aryl methyl sites for hydroxylation is 9. The topological polar surface area (TPSA) is 155 Å². The summed E-state index contributed by atoms with van der Waals surface area (Å²) >= 11 is 0. The van der Waals surface area contributed by atoms with Crippen LogP contribution in [-0.2, 0) is 85.8 Å². The van der Waals surface area contributed by atoms with E-state index in [-0.39, 0.29) is 110 Å². The third kappa shape index (κ3) is 27.9. The maximum Gasteiger partial charge on any atom is 0.216 e. The molecular formula is C133H149Ir3N9O3-6. The molecule has 3 saturated carbocycles. The summed E-state index contributed by atoms with van der Waals surface area (Å²) in [6, 6.07) is 74.1. The summed E-state index contributed by atoms with van der Waals surface area (Å²) in [6.07, 6.45) is 13.6. The summed E-state index contributed by atoms with van der Waals surface area (Å²) in [5.41, 5.74) is 21.0. The number of fused-ring (bicyclic) bond motifs is 9. The fraction of sp³-hybridized carbons (Fsp3) is 0.391. The van der Waals surface area contributed by atoms with E-state index in [2.05, 4.69) is 170 Å². The van der Waals surface area contributed by atoms with Crippen molar-refractivity contribution in [3.05, 3.63) is 339 Å². The quantitative estimate of drug-likeness (QED) is 0.101. The Kier molecular flexibility index (Phi) is 28.4. The zero-order chi connectivity index (χ0) is 120. The first-order valence-corrected chi connectivity index (χ1v) is 50.6. The van der Waals surface area contributed by atoms with Crippen LogP contribution in [0.3, 0.4) is 0 Å². The van der Waals surface area contributed by atoms with Gasteiger partial charge in [0.05, 0.1) is 16.7 Å². The van der Waals surface area contributed by atoms with Crippen molar-refractivity contribution in [2.45, 2.75) is 289 Å². The molecule has 777 valence electrons. The molecule has 12 nitrogen and oxygen atoms in total. The summed E-state index contributed by atoms with van der Waals surface area (Å²) in [7, 11) is 0. The second-order valence-electron chi connectivity index (χ2n) is 45.8. The maximum atomic E-state index is 9.91. The molecule has 6 aromatic carbocycles. The molecule has 21 rings (SSSR count). The Balaban J connectivity index is 0.000000165. The molecule has 18 aromatic rings. The fourth-order valence-corrected chi connectivity index (χ4v) is 21.8. The van der Waals surface area contributed by atoms with Gasteiger partial charge in [-0.05, 0) is 270 Å². The van der Waals surface area contributed by atoms with Crippen LogP contribution in [0.5, 0.6) is 0 Å². The van der Waals surface area contributed by atoms with E-state index in [1.807, 2.05) is 213 Å². The largest absolute Gasteiger partial charge is 0.486 e. The summed E-state index contributed by atoms with van der Waals surface area (Å²) in [5.74, 6) is -1.40. The zero-order valence-electron chi connectivity index (χ0n) is 109. The van der Waals surface area contributed by atoms with Crippen molar-refractivity contribution >= 4 is 66.2 Å². The maximum absolute atomic E-state index is 9.91. The fourth-order valence-electron chi connectivity index (χ4n) is 21.8. The first kappa shape index (κ1) is 89.8. The van der Waals surface area contributed by atoms with Gasteiger partial charge in [-0.1, -0.05) is 276 Å². The minimum absolute atomic E-state index is 0. The zero-order valence-corrected chi connectivity index (χ0v) is 97.2. The second kappa shape index (κ2) is 46.9. The number of hydrogen-bond acceptors (Lipinski definition) is 12. The average Bonchev–Trinajstić information content (AvgIpc) is 1.19. The van der Waals surface area contributed by atoms with Gasteiger partial charge in [-0.3, -0.25) is 0 Å². The number of aromatic nitrogens is 9. The van der Waals surface area contributed by atoms with Crippen molar-refractivity contribution < 1.29 is 99.6 Å². The van der Waals surface area contributed by atoms with Crippen LogP contribution in [0.1, 0.15) is 311 Å². The molecule has 148 heavy (non-hydrogen) atoms. The SMILES string of the molecule is [2H]C([2H])([2H])c1c[c-]c(-c2cc(C)c(C([2H])([2H])C(C)(C)C)cn2)cc1.[2H]C([2H])([2H])c1c[c-]c(-c2cc(C)c(C([2H])([2H])C(C)(C)C)cn2)cc1.[2H]C([2H])([2H])c1c[c-]c(-c2cc(C)c(C([2H])([2H])C(C)(C)C)cn2)cc1.[2H]C([2H])(c1ccnc(-c2[c-]ccc3c2oc2nc(C)ccc23)c1)C1CCCC1.[2H]C1(c2ccnc(-c3[c-]ccc4c3oc3nc(C)ccc34)c2)C(C)(C)CC(C)(C)CC1(C)C.[2H]C1(c2ccnc(-c3[c-]ccc4c3oc3nc(C)ccc34)c2)C(C)(C)CCCC1(C)C.[Ir].[Ir].[Ir]. The Morgan fingerprint density at radius 2 is 0.682 bits per heavy atom. The summed E-state index contributed by atoms with van der Waals surface area (Å²) in [6.45, 7) is 44.4. The third-order valence-corrected chi connectivity index (χ3v) is 26.9. The van der Waals surface area contributed by atoms with Gasteiger partial charge >= 0.3 is 0 Å². The molecule has 0 atom stereocenters. The number of nitrogens with zero attached hydrogens (tertiary/aromatic N) is 9. The van der Waals surface area contributed by atoms with Crippen molar-refractivity contribution in [1.29, 1.82) is 0 Å². The van der Waals surface area contributed by atoms with Gasteiger partial charge in [-0.15, -0.1) is 161 Å². The molecule has 0 unspecified atom stereocenters. The molecule has 15 heteroatoms. The van der Waals surface area contributed by atoms with E-state index in [0.717, 1.165) is 174 Å². The number of hydrogen-bond donors (Lipinski definition) is 0. The first-order valence-electron chi connectivity index (χ1n) is 60.1. The monoisotopic (exact) mass is 2520 g/mol. The summed E-state index contributed by atoms with van der Waals surface area (Å²) < 4.78 is 172. The van der Waals surface area contributed by atoms with Gasteiger partial charge in [-0.2, -0.15) is 0 Å². The van der Waals surface area contributed by atoms with Crippen LogP contribution in [0, 0.1) is 148 Å². The molecule has 12 heterocycles. The first-order chi connectivity index (χ1) is 76.0. The Bertz CT molecular complexity index is 8250. The van der Waals surface area contributed by atoms with E-state index in [1.165, 1.54) is 18.2 Å². The van der Waals surface area contributed by atoms with Crippen LogP contribution in [0.2, 0.25) is 0 Å². The molecule has 0 saturated heterocycles. The van der Waals surface area contributed by atoms with Gasteiger partial charge in [0, 0.05) is 157 Å². The van der Waals surface area contributed by atoms with E-state index in [4.69, 9.17) is 41.5 Å². The molecule has 3 aliphatic rings. The number of benzene rings is 6. The van der Waals surface area contributed by atoms with Crippen LogP contribution >= 0.6 is 0 Å². The molecule has 0 bridgehead atoms. The second-order valence-corrected chi connectivity index (χ2v) is 45.8. The van der Waals surface area contributed by atoms with Crippen LogP contribution in [-0.4, -0.2) is 44.9 Å². The van der Waals surface area contributed by atoms with Crippen LogP contribution < -0.4 is 0 Å². The summed E-state index contributed by atoms with van der Waals surface area (Å²) in [4.78, 5) is 40.6. The molecule has 0 spiro atoms. The van der Waals surface area contributed by atoms with Gasteiger partial charge < -0.3 is 43.2 Å². The van der Waals surface area contributed by atoms with Crippen LogP contribution in [0.4, 0.5) is 0 Å². The molecule has 3 radical (unpaired) electrons. The number of rotatable bonds is 13. The smallest absolute Gasteiger partial charge is 0.216 e. The molecule has 3 fully saturated rings. The third-order valence-electron chi connectivity index (χ3n) is 26.9. The Hall–Kier alpha value is -11.0. The summed E-state index contributed by atoms with van der Waals surface area (Å²) in [5, 5.41) is 5.96. The normalized spacial score (nSPS) is 18.3. The minimum Gasteiger partial charge on any atom is -0.486 e. The van der Waals surface area contributed by atoms with Crippen LogP contribution in [0.15, 0.2) is 232 Å². The number of furan rings is 3. The van der Waals surface area contributed by atoms with E-state index in [1.54, 1.807) is 67.3 Å². The van der Waals surface area contributed by atoms with Gasteiger partial charge in [0.15, 0.2) is 0 Å². The van der Waals surface area contributed by atoms with E-state index < -0.39 is 74.1 Å². The molecule has 0 aliphatic heterocycles. The van der Waals surface area contributed by atoms with Gasteiger partial charge in [-0.25, -0.2) is 15.0 Å². The molecular weight excluding hydrogens is 2350 g/mol. The van der Waals surface area contributed by atoms with E-state index in [9.17, 15) is 2.74 Å². The van der Waals surface area contributed by atoms with Crippen molar-refractivity contribution in [2.75, 3.05) is 0 Å². The standard InChI is InChI=1S/C29H33N2O.C27H29N2O.C23H21N2O.3C18H22N.3Ir/c1-18-11-12-21-20-9-8-10-22(24(20)32-26(21)31-18)23-15-19(13-14-30-23)25-28(4,5)16-27(2,3)17-29(25,6)7;1-17-10-11-20-19-8-6-9-21(23(19)30-25(20)29-17)22-16-18(12-15-28-22)24-26(2,3)13-7-14-27(24,4)5;1-15-9-10-19-18-7-4-8-20(22(18)26-23(19)25-15)21-14-17(11-12-24-21)13-16-5-2-3-6-16;3*1-13-6-8-15(9-7-13)17-10-14(2)16(12-19-17)11-18(3,4)5;;;/h8-9,11-15,25H,16-17H2,1-7H3;6,8,10-12,15-16,24H,7,13-14H2,1-5H3;4,7,9-12,14,16H,2-3,5-6,13H2,1H3;3*6-8,10,12H,11H2,1-5H3;;;/q6*-1;;;/i25D;24D;13D2;3*1D3,11D2;;;. The molecule has 12 aromatic heterocycles. The van der Waals surface area contributed by atoms with Gasteiger partial charge in [0.2, 0.25) is 17.1 Å². The van der Waals surface area contributed by atoms with Crippen molar-refractivity contribution in [3.63, 3.8) is 0 Å². The van der Waals surface area contributed by atoms with E-state index >= 15 is 0 Å². The number of pyridine rings is 9. The van der Waals surface area contributed by atoms with Crippen LogP contribution in [0.25, 0.3) is 134 Å². The van der Waals surface area contributed by atoms with Crippen molar-refractivity contribution in [1.82, 2.24) is 44.9 Å². The Morgan fingerprint density at radius 3 is 0.993 bits per heavy atom. The Morgan fingerprint density at radius 1 is 0.358 bits per heavy atom. The van der Waals surface area contributed by atoms with Crippen molar-refractivity contribution in [2.24, 2.45) is 49.2 Å². The molecule has 0 N–H and O–H groups in total. The van der Waals surface area contributed by atoms with E-state index in [0.29, 0.717) is 84.4 Å². The molecule has 0 amide bonds. The average molecular weight is 2520 g/mol. The molecule has 3 aliphatic carbocycles. The predicted octanol–water partition coefficient (Wildman–Crippen LogP) is 35.7. The van der Waals surface area contributed by atoms with Gasteiger partial charge in [0.1, 0.15) is 0 Å². The van der Waals surface area contributed by atoms with Crippen molar-refractivity contribution in [3.8, 4) is 67.5 Å².